The third-order valence-electron chi connectivity index (χ3n) is 3.62. The lowest BCUT2D eigenvalue weighted by molar-refractivity contribution is -0.115. The van der Waals surface area contributed by atoms with Crippen molar-refractivity contribution in [1.82, 2.24) is 4.98 Å². The SMILES string of the molecule is COc1ccc2[nH]cc(CC(=O)Nc3ccc(C#N)cc3)c2c1. The Balaban J connectivity index is 1.75. The van der Waals surface area contributed by atoms with Crippen molar-refractivity contribution in [3.63, 3.8) is 0 Å². The second-order valence-corrected chi connectivity index (χ2v) is 5.14. The van der Waals surface area contributed by atoms with E-state index in [1.165, 1.54) is 0 Å². The second kappa shape index (κ2) is 6.24. The molecule has 0 aliphatic carbocycles. The Labute approximate surface area is 133 Å². The van der Waals surface area contributed by atoms with Crippen molar-refractivity contribution in [1.29, 1.82) is 5.26 Å². The number of nitrogens with one attached hydrogen (secondary N) is 2. The summed E-state index contributed by atoms with van der Waals surface area (Å²) in [4.78, 5) is 15.4. The molecule has 0 atom stereocenters. The minimum atomic E-state index is -0.113. The molecule has 2 aromatic carbocycles. The normalized spacial score (nSPS) is 10.3. The van der Waals surface area contributed by atoms with E-state index in [0.717, 1.165) is 22.2 Å². The number of hydrogen-bond acceptors (Lipinski definition) is 3. The van der Waals surface area contributed by atoms with Gasteiger partial charge in [0.1, 0.15) is 5.75 Å². The van der Waals surface area contributed by atoms with Gasteiger partial charge in [-0.25, -0.2) is 0 Å². The first-order chi connectivity index (χ1) is 11.2. The fourth-order valence-corrected chi connectivity index (χ4v) is 2.44. The van der Waals surface area contributed by atoms with Crippen LogP contribution in [0.2, 0.25) is 0 Å². The fourth-order valence-electron chi connectivity index (χ4n) is 2.44. The molecule has 0 aliphatic heterocycles. The van der Waals surface area contributed by atoms with Gasteiger partial charge < -0.3 is 15.0 Å². The Morgan fingerprint density at radius 2 is 2.04 bits per heavy atom. The number of aromatic nitrogens is 1. The number of carbonyl (C=O) groups is 1. The van der Waals surface area contributed by atoms with Crippen LogP contribution in [0.3, 0.4) is 0 Å². The summed E-state index contributed by atoms with van der Waals surface area (Å²) in [7, 11) is 1.62. The summed E-state index contributed by atoms with van der Waals surface area (Å²) in [5.74, 6) is 0.643. The number of methoxy groups -OCH3 is 1. The van der Waals surface area contributed by atoms with Crippen molar-refractivity contribution >= 4 is 22.5 Å². The third-order valence-corrected chi connectivity index (χ3v) is 3.62. The van der Waals surface area contributed by atoms with E-state index < -0.39 is 0 Å². The number of H-pyrrole nitrogens is 1. The van der Waals surface area contributed by atoms with Crippen LogP contribution in [0.5, 0.6) is 5.75 Å². The van der Waals surface area contributed by atoms with Crippen LogP contribution in [0.1, 0.15) is 11.1 Å². The summed E-state index contributed by atoms with van der Waals surface area (Å²) in [5, 5.41) is 12.6. The molecular weight excluding hydrogens is 290 g/mol. The van der Waals surface area contributed by atoms with Crippen molar-refractivity contribution in [2.45, 2.75) is 6.42 Å². The molecule has 3 aromatic rings. The lowest BCUT2D eigenvalue weighted by atomic mass is 10.1. The number of hydrogen-bond donors (Lipinski definition) is 2. The molecule has 0 saturated heterocycles. The van der Waals surface area contributed by atoms with Crippen LogP contribution in [0.15, 0.2) is 48.7 Å². The Morgan fingerprint density at radius 1 is 1.26 bits per heavy atom. The lowest BCUT2D eigenvalue weighted by Crippen LogP contribution is -2.14. The Morgan fingerprint density at radius 3 is 2.74 bits per heavy atom. The van der Waals surface area contributed by atoms with Gasteiger partial charge in [-0.2, -0.15) is 5.26 Å². The lowest BCUT2D eigenvalue weighted by Gasteiger charge is -2.05. The van der Waals surface area contributed by atoms with Crippen molar-refractivity contribution in [3.05, 3.63) is 59.8 Å². The number of amides is 1. The van der Waals surface area contributed by atoms with Gasteiger partial charge in [-0.3, -0.25) is 4.79 Å². The van der Waals surface area contributed by atoms with Gasteiger partial charge in [0.2, 0.25) is 5.91 Å². The first-order valence-corrected chi connectivity index (χ1v) is 7.13. The topological polar surface area (TPSA) is 77.9 Å². The van der Waals surface area contributed by atoms with Gasteiger partial charge in [-0.1, -0.05) is 0 Å². The summed E-state index contributed by atoms with van der Waals surface area (Å²) in [5.41, 5.74) is 3.11. The number of benzene rings is 2. The highest BCUT2D eigenvalue weighted by Crippen LogP contribution is 2.24. The van der Waals surface area contributed by atoms with E-state index in [1.807, 2.05) is 30.5 Å². The molecular formula is C18H15N3O2. The van der Waals surface area contributed by atoms with Gasteiger partial charge in [0.25, 0.3) is 0 Å². The third kappa shape index (κ3) is 3.16. The zero-order valence-corrected chi connectivity index (χ0v) is 12.6. The molecule has 1 heterocycles. The number of anilines is 1. The first kappa shape index (κ1) is 14.7. The molecule has 23 heavy (non-hydrogen) atoms. The second-order valence-electron chi connectivity index (χ2n) is 5.14. The van der Waals surface area contributed by atoms with Gasteiger partial charge in [-0.05, 0) is 48.0 Å². The summed E-state index contributed by atoms with van der Waals surface area (Å²) < 4.78 is 5.23. The van der Waals surface area contributed by atoms with Crippen LogP contribution in [-0.4, -0.2) is 18.0 Å². The quantitative estimate of drug-likeness (QED) is 0.776. The van der Waals surface area contributed by atoms with E-state index in [-0.39, 0.29) is 12.3 Å². The zero-order valence-electron chi connectivity index (χ0n) is 12.6. The van der Waals surface area contributed by atoms with Gasteiger partial charge in [0.05, 0.1) is 25.2 Å². The van der Waals surface area contributed by atoms with Gasteiger partial charge in [-0.15, -0.1) is 0 Å². The highest BCUT2D eigenvalue weighted by Gasteiger charge is 2.10. The summed E-state index contributed by atoms with van der Waals surface area (Å²) in [6.45, 7) is 0. The van der Waals surface area contributed by atoms with Crippen LogP contribution in [0.4, 0.5) is 5.69 Å². The minimum absolute atomic E-state index is 0.113. The standard InChI is InChI=1S/C18H15N3O2/c1-23-15-6-7-17-16(9-15)13(11-20-17)8-18(22)21-14-4-2-12(10-19)3-5-14/h2-7,9,11,20H,8H2,1H3,(H,21,22). The van der Waals surface area contributed by atoms with Crippen LogP contribution < -0.4 is 10.1 Å². The number of rotatable bonds is 4. The smallest absolute Gasteiger partial charge is 0.228 e. The molecule has 0 fully saturated rings. The fraction of sp³-hybridized carbons (Fsp3) is 0.111. The molecule has 0 bridgehead atoms. The number of nitrogens with zero attached hydrogens (tertiary/aromatic N) is 1. The van der Waals surface area contributed by atoms with Crippen molar-refractivity contribution < 1.29 is 9.53 Å². The first-order valence-electron chi connectivity index (χ1n) is 7.13. The molecule has 1 aromatic heterocycles. The zero-order chi connectivity index (χ0) is 16.2. The average molecular weight is 305 g/mol. The van der Waals surface area contributed by atoms with E-state index >= 15 is 0 Å². The Kier molecular flexibility index (Phi) is 3.98. The van der Waals surface area contributed by atoms with Gasteiger partial charge >= 0.3 is 0 Å². The average Bonchev–Trinajstić information content (AvgIpc) is 2.97. The van der Waals surface area contributed by atoms with E-state index in [9.17, 15) is 4.79 Å². The Hall–Kier alpha value is -3.26. The van der Waals surface area contributed by atoms with Crippen molar-refractivity contribution in [2.24, 2.45) is 0 Å². The van der Waals surface area contributed by atoms with Crippen LogP contribution in [-0.2, 0) is 11.2 Å². The number of fused-ring (bicyclic) bond motifs is 1. The van der Waals surface area contributed by atoms with Crippen LogP contribution in [0.25, 0.3) is 10.9 Å². The van der Waals surface area contributed by atoms with E-state index in [4.69, 9.17) is 10.00 Å². The highest BCUT2D eigenvalue weighted by atomic mass is 16.5. The summed E-state index contributed by atoms with van der Waals surface area (Å²) >= 11 is 0. The van der Waals surface area contributed by atoms with Crippen molar-refractivity contribution in [2.75, 3.05) is 12.4 Å². The summed E-state index contributed by atoms with van der Waals surface area (Å²) in [6, 6.07) is 14.5. The predicted octanol–water partition coefficient (Wildman–Crippen LogP) is 3.23. The molecule has 0 spiro atoms. The molecule has 2 N–H and O–H groups in total. The Bertz CT molecular complexity index is 889. The maximum Gasteiger partial charge on any atom is 0.228 e. The largest absolute Gasteiger partial charge is 0.497 e. The monoisotopic (exact) mass is 305 g/mol. The van der Waals surface area contributed by atoms with Gasteiger partial charge in [0.15, 0.2) is 0 Å². The molecule has 114 valence electrons. The number of nitriles is 1. The number of ether oxygens (including phenoxy) is 1. The number of carbonyl (C=O) groups excluding carboxylic acids is 1. The molecule has 1 amide bonds. The van der Waals surface area contributed by atoms with Crippen LogP contribution in [0, 0.1) is 11.3 Å². The molecule has 0 aliphatic rings. The summed E-state index contributed by atoms with van der Waals surface area (Å²) in [6.07, 6.45) is 2.09. The maximum absolute atomic E-state index is 12.2. The molecule has 5 nitrogen and oxygen atoms in total. The molecule has 0 saturated carbocycles. The van der Waals surface area contributed by atoms with Gasteiger partial charge in [0, 0.05) is 22.8 Å². The highest BCUT2D eigenvalue weighted by molar-refractivity contribution is 5.96. The van der Waals surface area contributed by atoms with Crippen LogP contribution >= 0.6 is 0 Å². The molecule has 0 unspecified atom stereocenters. The van der Waals surface area contributed by atoms with E-state index in [2.05, 4.69) is 10.3 Å². The number of aromatic amines is 1. The molecule has 0 radical (unpaired) electrons. The van der Waals surface area contributed by atoms with E-state index in [1.54, 1.807) is 31.4 Å². The predicted molar refractivity (Wildman–Crippen MR) is 88.3 cm³/mol. The minimum Gasteiger partial charge on any atom is -0.497 e. The van der Waals surface area contributed by atoms with Crippen molar-refractivity contribution in [3.8, 4) is 11.8 Å². The van der Waals surface area contributed by atoms with E-state index in [0.29, 0.717) is 11.3 Å². The maximum atomic E-state index is 12.2. The molecule has 5 heteroatoms. The molecule has 3 rings (SSSR count).